The predicted molar refractivity (Wildman–Crippen MR) is 158 cm³/mol. The maximum absolute atomic E-state index is 11.7. The van der Waals surface area contributed by atoms with Gasteiger partial charge in [0.1, 0.15) is 4.88 Å². The zero-order valence-electron chi connectivity index (χ0n) is 24.3. The van der Waals surface area contributed by atoms with Crippen molar-refractivity contribution in [1.82, 2.24) is 0 Å². The smallest absolute Gasteiger partial charge is 0.348 e. The Morgan fingerprint density at radius 2 is 2.03 bits per heavy atom. The van der Waals surface area contributed by atoms with E-state index in [1.54, 1.807) is 11.3 Å². The molecule has 1 unspecified atom stereocenters. The second-order valence-electron chi connectivity index (χ2n) is 12.9. The van der Waals surface area contributed by atoms with E-state index >= 15 is 0 Å². The van der Waals surface area contributed by atoms with Gasteiger partial charge in [0.2, 0.25) is 6.04 Å². The van der Waals surface area contributed by atoms with E-state index in [0.717, 1.165) is 38.5 Å². The number of methoxy groups -OCH3 is 1. The van der Waals surface area contributed by atoms with Crippen LogP contribution < -0.4 is 0 Å². The molecule has 0 radical (unpaired) electrons. The first-order valence-electron chi connectivity index (χ1n) is 14.3. The van der Waals surface area contributed by atoms with Gasteiger partial charge in [-0.25, -0.2) is 11.4 Å². The summed E-state index contributed by atoms with van der Waals surface area (Å²) in [5.41, 5.74) is 0.331. The largest absolute Gasteiger partial charge is 0.465 e. The molecule has 0 spiro atoms. The molecule has 0 bridgehead atoms. The molecule has 4 nitrogen and oxygen atoms in total. The topological polar surface area (TPSA) is 39.9 Å². The van der Waals surface area contributed by atoms with E-state index in [0.29, 0.717) is 22.1 Å². The number of carbonyl (C=O) groups is 1. The number of thiophene rings is 1. The maximum atomic E-state index is 11.7. The highest BCUT2D eigenvalue weighted by molar-refractivity contribution is 7.13. The second-order valence-corrected chi connectivity index (χ2v) is 18.8. The van der Waals surface area contributed by atoms with Crippen molar-refractivity contribution in [3.8, 4) is 0 Å². The summed E-state index contributed by atoms with van der Waals surface area (Å²) >= 11 is 1.54. The molecule has 3 rings (SSSR count). The number of carbonyl (C=O) groups excluding carboxylic acids is 1. The number of nitrogens with zero attached hydrogens (tertiary/aromatic N) is 1. The van der Waals surface area contributed by atoms with Crippen molar-refractivity contribution in [2.75, 3.05) is 7.11 Å². The lowest BCUT2D eigenvalue weighted by Crippen LogP contribution is -2.51. The minimum atomic E-state index is -1.86. The summed E-state index contributed by atoms with van der Waals surface area (Å²) in [6.07, 6.45) is 16.5. The van der Waals surface area contributed by atoms with E-state index in [-0.39, 0.29) is 23.2 Å². The molecule has 0 saturated heterocycles. The Balaban J connectivity index is 1.63. The molecule has 0 aromatic carbocycles. The molecule has 1 heterocycles. The fraction of sp³-hybridized carbons (Fsp3) is 0.742. The summed E-state index contributed by atoms with van der Waals surface area (Å²) in [6.45, 7) is 21.9. The van der Waals surface area contributed by atoms with Crippen molar-refractivity contribution in [2.24, 2.45) is 17.3 Å². The Morgan fingerprint density at radius 1 is 1.30 bits per heavy atom. The summed E-state index contributed by atoms with van der Waals surface area (Å²) < 4.78 is 11.9. The first kappa shape index (κ1) is 30.1. The molecular formula is C31H49NO3SSi. The standard InChI is InChI=1S/C31H49NO3SSi/c1-9-31(21-12-22-31)28(35-37(7,8)30(2,3)4)16-11-15-25-23(17-19-26(25)32-5)13-10-14-24-18-20-27(36-24)29(33)34-6/h11,15,18,20,23,25-26,28H,9-10,12-14,16-17,19,21-22H2,1-4,6-8H3/b15-11+/t23-,25+,26-,28?/m0/s1. The molecule has 2 fully saturated rings. The van der Waals surface area contributed by atoms with Gasteiger partial charge in [0, 0.05) is 11.3 Å². The first-order valence-corrected chi connectivity index (χ1v) is 18.1. The van der Waals surface area contributed by atoms with Crippen LogP contribution in [0, 0.1) is 23.8 Å². The molecule has 37 heavy (non-hydrogen) atoms. The zero-order chi connectivity index (χ0) is 27.3. The van der Waals surface area contributed by atoms with Crippen LogP contribution in [0.3, 0.4) is 0 Å². The number of esters is 1. The Kier molecular flexibility index (Phi) is 10.3. The van der Waals surface area contributed by atoms with Gasteiger partial charge in [-0.2, -0.15) is 0 Å². The summed E-state index contributed by atoms with van der Waals surface area (Å²) in [4.78, 5) is 17.7. The van der Waals surface area contributed by atoms with Crippen molar-refractivity contribution in [3.63, 3.8) is 0 Å². The van der Waals surface area contributed by atoms with Crippen LogP contribution in [-0.2, 0) is 15.6 Å². The minimum Gasteiger partial charge on any atom is -0.465 e. The molecule has 1 aromatic rings. The van der Waals surface area contributed by atoms with E-state index in [1.807, 2.05) is 6.07 Å². The molecule has 0 aliphatic heterocycles. The fourth-order valence-corrected chi connectivity index (χ4v) is 8.35. The Labute approximate surface area is 231 Å². The third kappa shape index (κ3) is 7.16. The van der Waals surface area contributed by atoms with Gasteiger partial charge in [-0.1, -0.05) is 46.3 Å². The Bertz CT molecular complexity index is 960. The number of aryl methyl sites for hydroxylation is 1. The molecule has 206 valence electrons. The van der Waals surface area contributed by atoms with Crippen LogP contribution in [-0.4, -0.2) is 33.5 Å². The van der Waals surface area contributed by atoms with Crippen molar-refractivity contribution in [3.05, 3.63) is 45.5 Å². The van der Waals surface area contributed by atoms with Crippen molar-refractivity contribution < 1.29 is 14.0 Å². The minimum absolute atomic E-state index is 0.109. The third-order valence-corrected chi connectivity index (χ3v) is 15.3. The average molecular weight is 544 g/mol. The van der Waals surface area contributed by atoms with Crippen LogP contribution in [0.5, 0.6) is 0 Å². The van der Waals surface area contributed by atoms with Crippen molar-refractivity contribution >= 4 is 25.6 Å². The lowest BCUT2D eigenvalue weighted by Gasteiger charge is -2.51. The van der Waals surface area contributed by atoms with Gasteiger partial charge < -0.3 is 14.0 Å². The summed E-state index contributed by atoms with van der Waals surface area (Å²) in [6, 6.07) is 4.03. The number of ether oxygens (including phenoxy) is 1. The first-order chi connectivity index (χ1) is 17.5. The van der Waals surface area contributed by atoms with E-state index in [1.165, 1.54) is 37.7 Å². The molecule has 0 N–H and O–H groups in total. The molecule has 0 amide bonds. The number of hydrogen-bond donors (Lipinski definition) is 0. The Hall–Kier alpha value is -1.42. The molecule has 4 atom stereocenters. The van der Waals surface area contributed by atoms with Crippen LogP contribution in [0.25, 0.3) is 4.85 Å². The second kappa shape index (κ2) is 12.6. The van der Waals surface area contributed by atoms with Crippen LogP contribution in [0.1, 0.15) is 100 Å². The van der Waals surface area contributed by atoms with Gasteiger partial charge in [0.05, 0.1) is 19.1 Å². The molecule has 6 heteroatoms. The number of hydrogen-bond acceptors (Lipinski definition) is 4. The van der Waals surface area contributed by atoms with E-state index < -0.39 is 8.32 Å². The molecule has 1 aromatic heterocycles. The molecular weight excluding hydrogens is 494 g/mol. The van der Waals surface area contributed by atoms with Gasteiger partial charge in [0.15, 0.2) is 8.32 Å². The maximum Gasteiger partial charge on any atom is 0.348 e. The highest BCUT2D eigenvalue weighted by Gasteiger charge is 2.48. The summed E-state index contributed by atoms with van der Waals surface area (Å²) in [5, 5.41) is 0.208. The van der Waals surface area contributed by atoms with Gasteiger partial charge in [-0.05, 0) is 93.0 Å². The predicted octanol–water partition coefficient (Wildman–Crippen LogP) is 9.09. The van der Waals surface area contributed by atoms with Gasteiger partial charge in [-0.3, -0.25) is 0 Å². The summed E-state index contributed by atoms with van der Waals surface area (Å²) in [5.74, 6) is 0.665. The van der Waals surface area contributed by atoms with Crippen LogP contribution in [0.4, 0.5) is 0 Å². The lowest BCUT2D eigenvalue weighted by atomic mass is 9.63. The fourth-order valence-electron chi connectivity index (χ4n) is 5.97. The normalized spacial score (nSPS) is 24.5. The summed E-state index contributed by atoms with van der Waals surface area (Å²) in [7, 11) is -0.430. The highest BCUT2D eigenvalue weighted by Crippen LogP contribution is 2.51. The SMILES string of the molecule is [C-]#[N+][C@H]1CC[C@H](CCCc2ccc(C(=O)OC)s2)[C@H]1/C=C/CC(O[Si](C)(C)C(C)(C)C)C1(CC)CCC1. The lowest BCUT2D eigenvalue weighted by molar-refractivity contribution is -0.0272. The van der Waals surface area contributed by atoms with Crippen molar-refractivity contribution in [2.45, 2.75) is 122 Å². The van der Waals surface area contributed by atoms with E-state index in [2.05, 4.69) is 63.9 Å². The van der Waals surface area contributed by atoms with Crippen LogP contribution in [0.15, 0.2) is 24.3 Å². The highest BCUT2D eigenvalue weighted by atomic mass is 32.1. The molecule has 2 saturated carbocycles. The van der Waals surface area contributed by atoms with Gasteiger partial charge in [-0.15, -0.1) is 11.3 Å². The van der Waals surface area contributed by atoms with Gasteiger partial charge >= 0.3 is 5.97 Å². The average Bonchev–Trinajstić information content (AvgIpc) is 3.44. The van der Waals surface area contributed by atoms with Crippen LogP contribution >= 0.6 is 11.3 Å². The Morgan fingerprint density at radius 3 is 2.59 bits per heavy atom. The van der Waals surface area contributed by atoms with Crippen molar-refractivity contribution in [1.29, 1.82) is 0 Å². The zero-order valence-corrected chi connectivity index (χ0v) is 26.1. The molecule has 2 aliphatic carbocycles. The quantitative estimate of drug-likeness (QED) is 0.114. The van der Waals surface area contributed by atoms with E-state index in [4.69, 9.17) is 15.7 Å². The number of rotatable bonds is 12. The third-order valence-electron chi connectivity index (χ3n) is 9.72. The monoisotopic (exact) mass is 543 g/mol. The van der Waals surface area contributed by atoms with Crippen LogP contribution in [0.2, 0.25) is 18.1 Å². The van der Waals surface area contributed by atoms with Gasteiger partial charge in [0.25, 0.3) is 0 Å². The van der Waals surface area contributed by atoms with E-state index in [9.17, 15) is 4.79 Å². The molecule has 2 aliphatic rings.